The Morgan fingerprint density at radius 2 is 2.10 bits per heavy atom. The van der Waals surface area contributed by atoms with E-state index in [1.54, 1.807) is 0 Å². The summed E-state index contributed by atoms with van der Waals surface area (Å²) in [5.74, 6) is 0.213. The first-order chi connectivity index (χ1) is 9.65. The standard InChI is InChI=1S/C16H23NO3/c1-17(10-8-16(18)19)9-3-11-20-15-7-6-13-4-2-5-14(13)12-15/h6-7,12H,2-5,8-11H2,1H3,(H,18,19). The molecule has 1 aromatic carbocycles. The molecule has 0 saturated heterocycles. The predicted molar refractivity (Wildman–Crippen MR) is 78.3 cm³/mol. The molecule has 0 amide bonds. The van der Waals surface area contributed by atoms with Gasteiger partial charge in [-0.25, -0.2) is 0 Å². The van der Waals surface area contributed by atoms with Gasteiger partial charge in [-0.05, 0) is 56.0 Å². The largest absolute Gasteiger partial charge is 0.494 e. The van der Waals surface area contributed by atoms with Crippen molar-refractivity contribution in [2.45, 2.75) is 32.1 Å². The lowest BCUT2D eigenvalue weighted by Crippen LogP contribution is -2.24. The van der Waals surface area contributed by atoms with Gasteiger partial charge in [-0.2, -0.15) is 0 Å². The van der Waals surface area contributed by atoms with Crippen LogP contribution in [-0.2, 0) is 17.6 Å². The van der Waals surface area contributed by atoms with Gasteiger partial charge in [0.25, 0.3) is 0 Å². The predicted octanol–water partition coefficient (Wildman–Crippen LogP) is 2.35. The highest BCUT2D eigenvalue weighted by atomic mass is 16.5. The van der Waals surface area contributed by atoms with Crippen molar-refractivity contribution in [2.75, 3.05) is 26.7 Å². The van der Waals surface area contributed by atoms with E-state index in [2.05, 4.69) is 18.2 Å². The summed E-state index contributed by atoms with van der Waals surface area (Å²) in [6, 6.07) is 6.39. The van der Waals surface area contributed by atoms with E-state index in [4.69, 9.17) is 9.84 Å². The van der Waals surface area contributed by atoms with E-state index in [1.807, 2.05) is 11.9 Å². The van der Waals surface area contributed by atoms with Crippen molar-refractivity contribution in [3.05, 3.63) is 29.3 Å². The number of hydrogen-bond acceptors (Lipinski definition) is 3. The smallest absolute Gasteiger partial charge is 0.304 e. The molecule has 4 nitrogen and oxygen atoms in total. The number of carboxylic acid groups (broad SMARTS) is 1. The highest BCUT2D eigenvalue weighted by molar-refractivity contribution is 5.66. The van der Waals surface area contributed by atoms with Crippen molar-refractivity contribution in [2.24, 2.45) is 0 Å². The maximum absolute atomic E-state index is 10.5. The Hall–Kier alpha value is -1.55. The Morgan fingerprint density at radius 3 is 2.90 bits per heavy atom. The van der Waals surface area contributed by atoms with Gasteiger partial charge in [0.2, 0.25) is 0 Å². The number of benzene rings is 1. The van der Waals surface area contributed by atoms with Crippen LogP contribution in [-0.4, -0.2) is 42.7 Å². The van der Waals surface area contributed by atoms with E-state index in [9.17, 15) is 4.79 Å². The lowest BCUT2D eigenvalue weighted by atomic mass is 10.1. The quantitative estimate of drug-likeness (QED) is 0.741. The van der Waals surface area contributed by atoms with Crippen LogP contribution in [0.15, 0.2) is 18.2 Å². The third-order valence-electron chi connectivity index (χ3n) is 3.73. The van der Waals surface area contributed by atoms with E-state index in [0.29, 0.717) is 13.2 Å². The Balaban J connectivity index is 1.65. The molecule has 0 unspecified atom stereocenters. The summed E-state index contributed by atoms with van der Waals surface area (Å²) in [4.78, 5) is 12.5. The van der Waals surface area contributed by atoms with Crippen molar-refractivity contribution in [1.82, 2.24) is 4.90 Å². The van der Waals surface area contributed by atoms with Crippen LogP contribution in [0.3, 0.4) is 0 Å². The Labute approximate surface area is 120 Å². The zero-order valence-corrected chi connectivity index (χ0v) is 12.1. The summed E-state index contributed by atoms with van der Waals surface area (Å²) in [5, 5.41) is 8.61. The minimum absolute atomic E-state index is 0.197. The zero-order chi connectivity index (χ0) is 14.4. The fraction of sp³-hybridized carbons (Fsp3) is 0.562. The maximum Gasteiger partial charge on any atom is 0.304 e. The number of aryl methyl sites for hydroxylation is 2. The Kier molecular flexibility index (Phi) is 5.41. The van der Waals surface area contributed by atoms with Crippen molar-refractivity contribution in [3.63, 3.8) is 0 Å². The molecule has 0 bridgehead atoms. The molecule has 0 aromatic heterocycles. The number of carbonyl (C=O) groups is 1. The zero-order valence-electron chi connectivity index (χ0n) is 12.1. The number of nitrogens with zero attached hydrogens (tertiary/aromatic N) is 1. The second-order valence-corrected chi connectivity index (χ2v) is 5.43. The number of hydrogen-bond donors (Lipinski definition) is 1. The average molecular weight is 277 g/mol. The van der Waals surface area contributed by atoms with Crippen LogP contribution < -0.4 is 4.74 Å². The number of ether oxygens (including phenoxy) is 1. The lowest BCUT2D eigenvalue weighted by Gasteiger charge is -2.15. The van der Waals surface area contributed by atoms with Crippen molar-refractivity contribution < 1.29 is 14.6 Å². The molecule has 1 N–H and O–H groups in total. The van der Waals surface area contributed by atoms with Crippen LogP contribution in [0, 0.1) is 0 Å². The molecule has 0 atom stereocenters. The first kappa shape index (κ1) is 14.9. The molecule has 1 aliphatic carbocycles. The van der Waals surface area contributed by atoms with Crippen LogP contribution in [0.4, 0.5) is 0 Å². The summed E-state index contributed by atoms with van der Waals surface area (Å²) >= 11 is 0. The van der Waals surface area contributed by atoms with Gasteiger partial charge in [0.05, 0.1) is 13.0 Å². The molecule has 0 aliphatic heterocycles. The summed E-state index contributed by atoms with van der Waals surface area (Å²) in [7, 11) is 1.94. The van der Waals surface area contributed by atoms with Crippen LogP contribution in [0.1, 0.15) is 30.4 Å². The molecule has 0 fully saturated rings. The first-order valence-corrected chi connectivity index (χ1v) is 7.30. The van der Waals surface area contributed by atoms with Gasteiger partial charge < -0.3 is 14.7 Å². The normalized spacial score (nSPS) is 13.5. The molecule has 1 aliphatic rings. The van der Waals surface area contributed by atoms with Crippen molar-refractivity contribution >= 4 is 5.97 Å². The number of fused-ring (bicyclic) bond motifs is 1. The third-order valence-corrected chi connectivity index (χ3v) is 3.73. The summed E-state index contributed by atoms with van der Waals surface area (Å²) < 4.78 is 5.76. The van der Waals surface area contributed by atoms with Gasteiger partial charge >= 0.3 is 5.97 Å². The molecule has 20 heavy (non-hydrogen) atoms. The van der Waals surface area contributed by atoms with Crippen LogP contribution in [0.25, 0.3) is 0 Å². The summed E-state index contributed by atoms with van der Waals surface area (Å²) in [6.07, 6.45) is 4.73. The van der Waals surface area contributed by atoms with Gasteiger partial charge in [-0.1, -0.05) is 6.07 Å². The Morgan fingerprint density at radius 1 is 1.30 bits per heavy atom. The topological polar surface area (TPSA) is 49.8 Å². The van der Waals surface area contributed by atoms with Crippen molar-refractivity contribution in [1.29, 1.82) is 0 Å². The molecular formula is C16H23NO3. The highest BCUT2D eigenvalue weighted by Crippen LogP contribution is 2.25. The molecule has 0 heterocycles. The molecular weight excluding hydrogens is 254 g/mol. The van der Waals surface area contributed by atoms with E-state index in [-0.39, 0.29) is 6.42 Å². The van der Waals surface area contributed by atoms with E-state index in [1.165, 1.54) is 30.4 Å². The maximum atomic E-state index is 10.5. The highest BCUT2D eigenvalue weighted by Gasteiger charge is 2.11. The third kappa shape index (κ3) is 4.53. The molecule has 1 aromatic rings. The molecule has 0 saturated carbocycles. The molecule has 110 valence electrons. The summed E-state index contributed by atoms with van der Waals surface area (Å²) in [6.45, 7) is 2.13. The molecule has 4 heteroatoms. The van der Waals surface area contributed by atoms with Gasteiger partial charge in [-0.15, -0.1) is 0 Å². The van der Waals surface area contributed by atoms with E-state index < -0.39 is 5.97 Å². The minimum Gasteiger partial charge on any atom is -0.494 e. The van der Waals surface area contributed by atoms with E-state index >= 15 is 0 Å². The lowest BCUT2D eigenvalue weighted by molar-refractivity contribution is -0.137. The second-order valence-electron chi connectivity index (χ2n) is 5.43. The van der Waals surface area contributed by atoms with Crippen LogP contribution in [0.2, 0.25) is 0 Å². The van der Waals surface area contributed by atoms with Crippen LogP contribution in [0.5, 0.6) is 5.75 Å². The average Bonchev–Trinajstić information content (AvgIpc) is 2.88. The number of carboxylic acids is 1. The van der Waals surface area contributed by atoms with Gasteiger partial charge in [0.1, 0.15) is 5.75 Å². The minimum atomic E-state index is -0.744. The van der Waals surface area contributed by atoms with Gasteiger partial charge in [-0.3, -0.25) is 4.79 Å². The molecule has 0 spiro atoms. The van der Waals surface area contributed by atoms with E-state index in [0.717, 1.165) is 18.7 Å². The summed E-state index contributed by atoms with van der Waals surface area (Å²) in [5.41, 5.74) is 2.90. The van der Waals surface area contributed by atoms with Gasteiger partial charge in [0, 0.05) is 13.1 Å². The monoisotopic (exact) mass is 277 g/mol. The first-order valence-electron chi connectivity index (χ1n) is 7.30. The number of rotatable bonds is 8. The van der Waals surface area contributed by atoms with Crippen molar-refractivity contribution in [3.8, 4) is 5.75 Å². The fourth-order valence-electron chi connectivity index (χ4n) is 2.56. The fourth-order valence-corrected chi connectivity index (χ4v) is 2.56. The SMILES string of the molecule is CN(CCCOc1ccc2c(c1)CCC2)CCC(=O)O. The Bertz CT molecular complexity index is 459. The van der Waals surface area contributed by atoms with Gasteiger partial charge in [0.15, 0.2) is 0 Å². The van der Waals surface area contributed by atoms with Crippen LogP contribution >= 0.6 is 0 Å². The number of aliphatic carboxylic acids is 1. The molecule has 0 radical (unpaired) electrons. The second kappa shape index (κ2) is 7.29. The molecule has 2 rings (SSSR count).